The summed E-state index contributed by atoms with van der Waals surface area (Å²) >= 11 is 0. The van der Waals surface area contributed by atoms with Gasteiger partial charge < -0.3 is 14.8 Å². The van der Waals surface area contributed by atoms with E-state index in [2.05, 4.69) is 10.3 Å². The van der Waals surface area contributed by atoms with Crippen LogP contribution in [0.15, 0.2) is 42.7 Å². The molecule has 0 saturated carbocycles. The number of anilines is 1. The molecule has 2 rings (SSSR count). The maximum atomic E-state index is 12.0. The lowest BCUT2D eigenvalue weighted by atomic mass is 10.1. The van der Waals surface area contributed by atoms with Crippen molar-refractivity contribution in [1.82, 2.24) is 4.98 Å². The van der Waals surface area contributed by atoms with Crippen molar-refractivity contribution in [2.45, 2.75) is 19.3 Å². The Hall–Kier alpha value is -2.56. The lowest BCUT2D eigenvalue weighted by molar-refractivity contribution is -0.116. The van der Waals surface area contributed by atoms with E-state index in [1.165, 1.54) is 0 Å². The average Bonchev–Trinajstić information content (AvgIpc) is 2.56. The van der Waals surface area contributed by atoms with Gasteiger partial charge in [0.25, 0.3) is 0 Å². The Bertz CT molecular complexity index is 615. The predicted molar refractivity (Wildman–Crippen MR) is 85.4 cm³/mol. The van der Waals surface area contributed by atoms with Crippen LogP contribution in [0.2, 0.25) is 0 Å². The van der Waals surface area contributed by atoms with E-state index in [1.807, 2.05) is 18.3 Å². The van der Waals surface area contributed by atoms with E-state index in [-0.39, 0.29) is 5.91 Å². The fraction of sp³-hybridized carbons (Fsp3) is 0.294. The van der Waals surface area contributed by atoms with Crippen LogP contribution in [-0.4, -0.2) is 25.1 Å². The monoisotopic (exact) mass is 300 g/mol. The summed E-state index contributed by atoms with van der Waals surface area (Å²) in [6.45, 7) is 0. The van der Waals surface area contributed by atoms with Gasteiger partial charge in [-0.3, -0.25) is 9.78 Å². The summed E-state index contributed by atoms with van der Waals surface area (Å²) in [5, 5.41) is 2.86. The number of aromatic nitrogens is 1. The molecule has 0 atom stereocenters. The minimum absolute atomic E-state index is 0.0349. The molecule has 0 unspecified atom stereocenters. The average molecular weight is 300 g/mol. The van der Waals surface area contributed by atoms with Crippen LogP contribution in [-0.2, 0) is 11.2 Å². The number of pyridine rings is 1. The van der Waals surface area contributed by atoms with Crippen LogP contribution < -0.4 is 14.8 Å². The second-order valence-electron chi connectivity index (χ2n) is 4.83. The summed E-state index contributed by atoms with van der Waals surface area (Å²) in [4.78, 5) is 16.1. The standard InChI is InChI=1S/C17H20N2O3/c1-21-14-8-9-15(16(11-14)22-2)19-17(20)7-3-5-13-6-4-10-18-12-13/h4,6,8-12H,3,5,7H2,1-2H3,(H,19,20). The van der Waals surface area contributed by atoms with E-state index in [0.29, 0.717) is 23.6 Å². The maximum absolute atomic E-state index is 12.0. The Morgan fingerprint density at radius 1 is 1.23 bits per heavy atom. The largest absolute Gasteiger partial charge is 0.497 e. The van der Waals surface area contributed by atoms with E-state index in [1.54, 1.807) is 38.6 Å². The molecular formula is C17H20N2O3. The van der Waals surface area contributed by atoms with Gasteiger partial charge >= 0.3 is 0 Å². The van der Waals surface area contributed by atoms with Crippen LogP contribution in [0, 0.1) is 0 Å². The third-order valence-corrected chi connectivity index (χ3v) is 3.27. The number of methoxy groups -OCH3 is 2. The zero-order valence-corrected chi connectivity index (χ0v) is 12.8. The van der Waals surface area contributed by atoms with Gasteiger partial charge in [-0.25, -0.2) is 0 Å². The van der Waals surface area contributed by atoms with Crippen LogP contribution in [0.4, 0.5) is 5.69 Å². The predicted octanol–water partition coefficient (Wildman–Crippen LogP) is 3.06. The molecule has 0 aliphatic carbocycles. The zero-order chi connectivity index (χ0) is 15.8. The smallest absolute Gasteiger partial charge is 0.224 e. The quantitative estimate of drug-likeness (QED) is 0.853. The number of hydrogen-bond donors (Lipinski definition) is 1. The molecule has 0 fully saturated rings. The topological polar surface area (TPSA) is 60.5 Å². The van der Waals surface area contributed by atoms with Crippen molar-refractivity contribution in [2.24, 2.45) is 0 Å². The van der Waals surface area contributed by atoms with Crippen molar-refractivity contribution in [3.63, 3.8) is 0 Å². The Labute approximate surface area is 130 Å². The van der Waals surface area contributed by atoms with Crippen LogP contribution in [0.5, 0.6) is 11.5 Å². The first-order chi connectivity index (χ1) is 10.7. The summed E-state index contributed by atoms with van der Waals surface area (Å²) in [5.74, 6) is 1.23. The van der Waals surface area contributed by atoms with Gasteiger partial charge in [0, 0.05) is 24.9 Å². The molecular weight excluding hydrogens is 280 g/mol. The number of ether oxygens (including phenoxy) is 2. The normalized spacial score (nSPS) is 10.1. The molecule has 0 saturated heterocycles. The summed E-state index contributed by atoms with van der Waals surface area (Å²) in [6.07, 6.45) is 5.62. The highest BCUT2D eigenvalue weighted by Crippen LogP contribution is 2.29. The van der Waals surface area contributed by atoms with Gasteiger partial charge in [-0.1, -0.05) is 6.07 Å². The number of carbonyl (C=O) groups excluding carboxylic acids is 1. The fourth-order valence-corrected chi connectivity index (χ4v) is 2.11. The Kier molecular flexibility index (Phi) is 5.77. The van der Waals surface area contributed by atoms with E-state index in [9.17, 15) is 4.79 Å². The number of aryl methyl sites for hydroxylation is 1. The molecule has 5 nitrogen and oxygen atoms in total. The van der Waals surface area contributed by atoms with E-state index in [0.717, 1.165) is 18.4 Å². The highest BCUT2D eigenvalue weighted by atomic mass is 16.5. The number of hydrogen-bond acceptors (Lipinski definition) is 4. The molecule has 1 aromatic carbocycles. The van der Waals surface area contributed by atoms with Crippen molar-refractivity contribution < 1.29 is 14.3 Å². The van der Waals surface area contributed by atoms with Crippen LogP contribution in [0.1, 0.15) is 18.4 Å². The number of carbonyl (C=O) groups is 1. The van der Waals surface area contributed by atoms with Crippen LogP contribution in [0.25, 0.3) is 0 Å². The second-order valence-corrected chi connectivity index (χ2v) is 4.83. The van der Waals surface area contributed by atoms with Crippen molar-refractivity contribution in [3.05, 3.63) is 48.3 Å². The number of rotatable bonds is 7. The molecule has 0 aliphatic rings. The van der Waals surface area contributed by atoms with Crippen molar-refractivity contribution in [1.29, 1.82) is 0 Å². The minimum atomic E-state index is -0.0349. The first-order valence-corrected chi connectivity index (χ1v) is 7.13. The molecule has 1 aromatic heterocycles. The van der Waals surface area contributed by atoms with Gasteiger partial charge in [-0.2, -0.15) is 0 Å². The van der Waals surface area contributed by atoms with Gasteiger partial charge in [0.15, 0.2) is 0 Å². The molecule has 116 valence electrons. The third kappa shape index (κ3) is 4.48. The van der Waals surface area contributed by atoms with Gasteiger partial charge in [-0.15, -0.1) is 0 Å². The second kappa shape index (κ2) is 8.02. The third-order valence-electron chi connectivity index (χ3n) is 3.27. The summed E-state index contributed by atoms with van der Waals surface area (Å²) < 4.78 is 10.4. The van der Waals surface area contributed by atoms with E-state index >= 15 is 0 Å². The molecule has 0 aliphatic heterocycles. The summed E-state index contributed by atoms with van der Waals surface area (Å²) in [5.41, 5.74) is 1.78. The maximum Gasteiger partial charge on any atom is 0.224 e. The number of nitrogens with zero attached hydrogens (tertiary/aromatic N) is 1. The highest BCUT2D eigenvalue weighted by Gasteiger charge is 2.09. The zero-order valence-electron chi connectivity index (χ0n) is 12.8. The fourth-order valence-electron chi connectivity index (χ4n) is 2.11. The molecule has 0 spiro atoms. The van der Waals surface area contributed by atoms with Crippen molar-refractivity contribution in [2.75, 3.05) is 19.5 Å². The summed E-state index contributed by atoms with van der Waals surface area (Å²) in [7, 11) is 3.15. The minimum Gasteiger partial charge on any atom is -0.497 e. The van der Waals surface area contributed by atoms with Crippen molar-refractivity contribution >= 4 is 11.6 Å². The van der Waals surface area contributed by atoms with Gasteiger partial charge in [0.05, 0.1) is 19.9 Å². The molecule has 2 aromatic rings. The molecule has 1 amide bonds. The molecule has 5 heteroatoms. The first kappa shape index (κ1) is 15.8. The highest BCUT2D eigenvalue weighted by molar-refractivity contribution is 5.92. The molecule has 0 radical (unpaired) electrons. The van der Waals surface area contributed by atoms with Crippen LogP contribution >= 0.6 is 0 Å². The molecule has 22 heavy (non-hydrogen) atoms. The summed E-state index contributed by atoms with van der Waals surface area (Å²) in [6, 6.07) is 9.21. The van der Waals surface area contributed by atoms with Crippen molar-refractivity contribution in [3.8, 4) is 11.5 Å². The number of amides is 1. The van der Waals surface area contributed by atoms with Crippen LogP contribution in [0.3, 0.4) is 0 Å². The first-order valence-electron chi connectivity index (χ1n) is 7.13. The van der Waals surface area contributed by atoms with Gasteiger partial charge in [0.2, 0.25) is 5.91 Å². The molecule has 0 bridgehead atoms. The van der Waals surface area contributed by atoms with Gasteiger partial charge in [-0.05, 0) is 36.6 Å². The van der Waals surface area contributed by atoms with E-state index < -0.39 is 0 Å². The van der Waals surface area contributed by atoms with Gasteiger partial charge in [0.1, 0.15) is 11.5 Å². The number of nitrogens with one attached hydrogen (secondary N) is 1. The molecule has 1 N–H and O–H groups in total. The molecule has 1 heterocycles. The van der Waals surface area contributed by atoms with E-state index in [4.69, 9.17) is 9.47 Å². The Balaban J connectivity index is 1.86. The lowest BCUT2D eigenvalue weighted by Crippen LogP contribution is -2.12. The lowest BCUT2D eigenvalue weighted by Gasteiger charge is -2.11. The Morgan fingerprint density at radius 2 is 2.09 bits per heavy atom. The SMILES string of the molecule is COc1ccc(NC(=O)CCCc2cccnc2)c(OC)c1. The number of benzene rings is 1. The Morgan fingerprint density at radius 3 is 2.77 bits per heavy atom.